The highest BCUT2D eigenvalue weighted by Crippen LogP contribution is 2.11. The molecular weight excluding hydrogens is 288 g/mol. The van der Waals surface area contributed by atoms with Crippen molar-refractivity contribution < 1.29 is 19.1 Å². The largest absolute Gasteiger partial charge is 0.486 e. The van der Waals surface area contributed by atoms with Crippen LogP contribution in [0.15, 0.2) is 30.3 Å². The lowest BCUT2D eigenvalue weighted by Crippen LogP contribution is -2.24. The first-order valence-corrected chi connectivity index (χ1v) is 5.96. The second kappa shape index (κ2) is 7.06. The summed E-state index contributed by atoms with van der Waals surface area (Å²) >= 11 is 3.13. The fraction of sp³-hybridized carbons (Fsp3) is 0.333. The number of esters is 1. The van der Waals surface area contributed by atoms with E-state index in [1.54, 1.807) is 12.1 Å². The van der Waals surface area contributed by atoms with Gasteiger partial charge in [-0.15, -0.1) is 0 Å². The number of Topliss-reactive ketones (excluding diaryl/α,β-unsaturated/α-hetero) is 1. The van der Waals surface area contributed by atoms with Crippen molar-refractivity contribution in [1.82, 2.24) is 0 Å². The monoisotopic (exact) mass is 300 g/mol. The number of benzene rings is 1. The third-order valence-corrected chi connectivity index (χ3v) is 2.88. The molecule has 1 aromatic rings. The Morgan fingerprint density at radius 3 is 2.53 bits per heavy atom. The van der Waals surface area contributed by atoms with Gasteiger partial charge >= 0.3 is 5.97 Å². The Kier molecular flexibility index (Phi) is 5.69. The number of rotatable bonds is 6. The summed E-state index contributed by atoms with van der Waals surface area (Å²) < 4.78 is 9.74. The Morgan fingerprint density at radius 2 is 1.94 bits per heavy atom. The molecule has 0 spiro atoms. The van der Waals surface area contributed by atoms with E-state index in [4.69, 9.17) is 4.74 Å². The van der Waals surface area contributed by atoms with Gasteiger partial charge in [-0.25, -0.2) is 0 Å². The quantitative estimate of drug-likeness (QED) is 0.595. The van der Waals surface area contributed by atoms with Crippen molar-refractivity contribution in [3.8, 4) is 5.75 Å². The Balaban J connectivity index is 2.37. The smallest absolute Gasteiger partial charge is 0.307 e. The SMILES string of the molecule is COC(=O)CC(Br)C(=O)COc1ccccc1. The molecule has 1 unspecified atom stereocenters. The van der Waals surface area contributed by atoms with Crippen molar-refractivity contribution in [2.24, 2.45) is 0 Å². The Hall–Kier alpha value is -1.36. The number of para-hydroxylation sites is 1. The van der Waals surface area contributed by atoms with Gasteiger partial charge in [-0.3, -0.25) is 9.59 Å². The lowest BCUT2D eigenvalue weighted by atomic mass is 10.2. The summed E-state index contributed by atoms with van der Waals surface area (Å²) in [6.07, 6.45) is 0.00742. The van der Waals surface area contributed by atoms with Crippen molar-refractivity contribution in [2.75, 3.05) is 13.7 Å². The number of hydrogen-bond acceptors (Lipinski definition) is 4. The van der Waals surface area contributed by atoms with Crippen LogP contribution in [0.3, 0.4) is 0 Å². The molecule has 0 heterocycles. The van der Waals surface area contributed by atoms with Gasteiger partial charge in [0, 0.05) is 0 Å². The number of halogens is 1. The predicted molar refractivity (Wildman–Crippen MR) is 66.3 cm³/mol. The average Bonchev–Trinajstić information content (AvgIpc) is 2.36. The van der Waals surface area contributed by atoms with E-state index in [1.807, 2.05) is 18.2 Å². The molecule has 17 heavy (non-hydrogen) atoms. The van der Waals surface area contributed by atoms with Crippen molar-refractivity contribution in [2.45, 2.75) is 11.2 Å². The van der Waals surface area contributed by atoms with E-state index in [0.29, 0.717) is 5.75 Å². The fourth-order valence-corrected chi connectivity index (χ4v) is 1.50. The molecule has 1 rings (SSSR count). The molecule has 0 aliphatic carbocycles. The van der Waals surface area contributed by atoms with Gasteiger partial charge in [0.15, 0.2) is 5.78 Å². The molecule has 0 saturated heterocycles. The zero-order valence-corrected chi connectivity index (χ0v) is 11.0. The van der Waals surface area contributed by atoms with Crippen molar-refractivity contribution in [3.63, 3.8) is 0 Å². The van der Waals surface area contributed by atoms with Gasteiger partial charge in [-0.1, -0.05) is 34.1 Å². The standard InChI is InChI=1S/C12H13BrO4/c1-16-12(15)7-10(13)11(14)8-17-9-5-3-2-4-6-9/h2-6,10H,7-8H2,1H3. The van der Waals surface area contributed by atoms with E-state index < -0.39 is 10.8 Å². The summed E-state index contributed by atoms with van der Waals surface area (Å²) in [6, 6.07) is 9.02. The zero-order valence-electron chi connectivity index (χ0n) is 9.39. The van der Waals surface area contributed by atoms with Gasteiger partial charge in [-0.2, -0.15) is 0 Å². The van der Waals surface area contributed by atoms with Crippen molar-refractivity contribution >= 4 is 27.7 Å². The summed E-state index contributed by atoms with van der Waals surface area (Å²) in [5, 5.41) is 0. The summed E-state index contributed by atoms with van der Waals surface area (Å²) in [4.78, 5) is 22.0. The highest BCUT2D eigenvalue weighted by Gasteiger charge is 2.19. The fourth-order valence-electron chi connectivity index (χ4n) is 1.11. The molecule has 5 heteroatoms. The first kappa shape index (κ1) is 13.7. The van der Waals surface area contributed by atoms with E-state index >= 15 is 0 Å². The van der Waals surface area contributed by atoms with E-state index in [0.717, 1.165) is 0 Å². The molecule has 0 saturated carbocycles. The van der Waals surface area contributed by atoms with Gasteiger partial charge in [0.1, 0.15) is 12.4 Å². The number of carbonyl (C=O) groups is 2. The van der Waals surface area contributed by atoms with E-state index in [2.05, 4.69) is 20.7 Å². The minimum absolute atomic E-state index is 0.00742. The average molecular weight is 301 g/mol. The maximum Gasteiger partial charge on any atom is 0.307 e. The maximum absolute atomic E-state index is 11.6. The van der Waals surface area contributed by atoms with Crippen LogP contribution in [0.25, 0.3) is 0 Å². The van der Waals surface area contributed by atoms with E-state index in [-0.39, 0.29) is 18.8 Å². The minimum atomic E-state index is -0.571. The molecule has 4 nitrogen and oxygen atoms in total. The molecule has 92 valence electrons. The highest BCUT2D eigenvalue weighted by atomic mass is 79.9. The molecule has 1 aromatic carbocycles. The lowest BCUT2D eigenvalue weighted by molar-refractivity contribution is -0.141. The molecule has 0 aliphatic rings. The molecule has 0 aliphatic heterocycles. The van der Waals surface area contributed by atoms with Crippen LogP contribution in [0.2, 0.25) is 0 Å². The van der Waals surface area contributed by atoms with Crippen LogP contribution in [0, 0.1) is 0 Å². The number of ketones is 1. The normalized spacial score (nSPS) is 11.6. The van der Waals surface area contributed by atoms with Crippen LogP contribution in [-0.2, 0) is 14.3 Å². The van der Waals surface area contributed by atoms with Gasteiger partial charge in [0.2, 0.25) is 0 Å². The van der Waals surface area contributed by atoms with E-state index in [9.17, 15) is 9.59 Å². The summed E-state index contributed by atoms with van der Waals surface area (Å²) in [5.41, 5.74) is 0. The van der Waals surface area contributed by atoms with Crippen LogP contribution in [0.5, 0.6) is 5.75 Å². The Labute approximate surface area is 108 Å². The molecule has 0 bridgehead atoms. The second-order valence-electron chi connectivity index (χ2n) is 3.32. The summed E-state index contributed by atoms with van der Waals surface area (Å²) in [7, 11) is 1.28. The van der Waals surface area contributed by atoms with Crippen LogP contribution >= 0.6 is 15.9 Å². The first-order chi connectivity index (χ1) is 8.13. The Morgan fingerprint density at radius 1 is 1.29 bits per heavy atom. The van der Waals surface area contributed by atoms with Crippen LogP contribution < -0.4 is 4.74 Å². The second-order valence-corrected chi connectivity index (χ2v) is 4.42. The first-order valence-electron chi connectivity index (χ1n) is 5.05. The maximum atomic E-state index is 11.6. The molecule has 0 radical (unpaired) electrons. The highest BCUT2D eigenvalue weighted by molar-refractivity contribution is 9.10. The molecular formula is C12H13BrO4. The third-order valence-electron chi connectivity index (χ3n) is 2.05. The van der Waals surface area contributed by atoms with Crippen LogP contribution in [-0.4, -0.2) is 30.3 Å². The molecule has 0 aromatic heterocycles. The number of ether oxygens (including phenoxy) is 2. The van der Waals surface area contributed by atoms with Crippen LogP contribution in [0.1, 0.15) is 6.42 Å². The number of hydrogen-bond donors (Lipinski definition) is 0. The minimum Gasteiger partial charge on any atom is -0.486 e. The van der Waals surface area contributed by atoms with E-state index in [1.165, 1.54) is 7.11 Å². The lowest BCUT2D eigenvalue weighted by Gasteiger charge is -2.09. The topological polar surface area (TPSA) is 52.6 Å². The Bertz CT molecular complexity index is 377. The van der Waals surface area contributed by atoms with Gasteiger partial charge in [0.05, 0.1) is 18.4 Å². The zero-order chi connectivity index (χ0) is 12.7. The van der Waals surface area contributed by atoms with Crippen molar-refractivity contribution in [3.05, 3.63) is 30.3 Å². The summed E-state index contributed by atoms with van der Waals surface area (Å²) in [5.74, 6) is -0.00203. The third kappa shape index (κ3) is 4.99. The van der Waals surface area contributed by atoms with Gasteiger partial charge in [0.25, 0.3) is 0 Å². The number of alkyl halides is 1. The van der Waals surface area contributed by atoms with Crippen molar-refractivity contribution in [1.29, 1.82) is 0 Å². The number of carbonyl (C=O) groups excluding carboxylic acids is 2. The number of methoxy groups -OCH3 is 1. The molecule has 1 atom stereocenters. The van der Waals surface area contributed by atoms with Crippen LogP contribution in [0.4, 0.5) is 0 Å². The molecule has 0 N–H and O–H groups in total. The predicted octanol–water partition coefficient (Wildman–Crippen LogP) is 1.96. The molecule has 0 fully saturated rings. The van der Waals surface area contributed by atoms with Gasteiger partial charge in [-0.05, 0) is 12.1 Å². The molecule has 0 amide bonds. The van der Waals surface area contributed by atoms with Gasteiger partial charge < -0.3 is 9.47 Å². The summed E-state index contributed by atoms with van der Waals surface area (Å²) in [6.45, 7) is -0.0725.